The highest BCUT2D eigenvalue weighted by Gasteiger charge is 2.20. The molecule has 0 atom stereocenters. The zero-order chi connectivity index (χ0) is 13.9. The molecule has 3 nitrogen and oxygen atoms in total. The van der Waals surface area contributed by atoms with E-state index in [-0.39, 0.29) is 5.82 Å². The molecule has 0 spiro atoms. The Morgan fingerprint density at radius 2 is 2.30 bits per heavy atom. The summed E-state index contributed by atoms with van der Waals surface area (Å²) in [5.74, 6) is 0.336. The number of ether oxygens (including phenoxy) is 1. The predicted molar refractivity (Wildman–Crippen MR) is 80.4 cm³/mol. The Morgan fingerprint density at radius 3 is 3.05 bits per heavy atom. The van der Waals surface area contributed by atoms with E-state index in [1.54, 1.807) is 17.4 Å². The zero-order valence-electron chi connectivity index (χ0n) is 10.7. The molecule has 1 fully saturated rings. The van der Waals surface area contributed by atoms with Gasteiger partial charge in [-0.2, -0.15) is 0 Å². The molecule has 0 aliphatic heterocycles. The summed E-state index contributed by atoms with van der Waals surface area (Å²) in [6, 6.07) is 5.07. The van der Waals surface area contributed by atoms with E-state index in [9.17, 15) is 4.39 Å². The molecule has 1 N–H and O–H groups in total. The SMILES string of the molecule is Fc1ccc(OCc2csc(CNC3CC3)n2)c(Br)c1. The van der Waals surface area contributed by atoms with Crippen molar-refractivity contribution in [3.8, 4) is 5.75 Å². The van der Waals surface area contributed by atoms with Crippen molar-refractivity contribution >= 4 is 27.3 Å². The Bertz CT molecular complexity index is 601. The molecule has 0 amide bonds. The van der Waals surface area contributed by atoms with Crippen molar-refractivity contribution in [3.63, 3.8) is 0 Å². The van der Waals surface area contributed by atoms with Gasteiger partial charge in [-0.25, -0.2) is 9.37 Å². The van der Waals surface area contributed by atoms with Crippen LogP contribution in [0.3, 0.4) is 0 Å². The molecule has 6 heteroatoms. The van der Waals surface area contributed by atoms with E-state index in [1.165, 1.54) is 25.0 Å². The van der Waals surface area contributed by atoms with E-state index < -0.39 is 0 Å². The largest absolute Gasteiger partial charge is 0.486 e. The first-order valence-corrected chi connectivity index (χ1v) is 8.12. The zero-order valence-corrected chi connectivity index (χ0v) is 13.1. The van der Waals surface area contributed by atoms with Crippen LogP contribution in [0.5, 0.6) is 5.75 Å². The van der Waals surface area contributed by atoms with Gasteiger partial charge in [0.05, 0.1) is 10.2 Å². The third-order valence-electron chi connectivity index (χ3n) is 2.99. The van der Waals surface area contributed by atoms with E-state index in [1.807, 2.05) is 5.38 Å². The molecule has 1 aromatic heterocycles. The van der Waals surface area contributed by atoms with Gasteiger partial charge in [-0.15, -0.1) is 11.3 Å². The number of nitrogens with zero attached hydrogens (tertiary/aromatic N) is 1. The number of halogens is 2. The van der Waals surface area contributed by atoms with E-state index >= 15 is 0 Å². The molecule has 2 aromatic rings. The molecule has 0 unspecified atom stereocenters. The summed E-state index contributed by atoms with van der Waals surface area (Å²) in [4.78, 5) is 4.51. The summed E-state index contributed by atoms with van der Waals surface area (Å²) >= 11 is 4.92. The van der Waals surface area contributed by atoms with Gasteiger partial charge in [0.15, 0.2) is 0 Å². The fourth-order valence-corrected chi connectivity index (χ4v) is 2.95. The summed E-state index contributed by atoms with van der Waals surface area (Å²) in [6.07, 6.45) is 2.56. The smallest absolute Gasteiger partial charge is 0.134 e. The van der Waals surface area contributed by atoms with Gasteiger partial charge in [-0.05, 0) is 47.0 Å². The minimum atomic E-state index is -0.286. The van der Waals surface area contributed by atoms with Crippen molar-refractivity contribution in [2.75, 3.05) is 0 Å². The average Bonchev–Trinajstić information content (AvgIpc) is 3.14. The predicted octanol–water partition coefficient (Wildman–Crippen LogP) is 3.88. The molecule has 1 heterocycles. The number of rotatable bonds is 6. The molecule has 0 saturated heterocycles. The lowest BCUT2D eigenvalue weighted by Gasteiger charge is -2.06. The summed E-state index contributed by atoms with van der Waals surface area (Å²) in [5.41, 5.74) is 0.902. The van der Waals surface area contributed by atoms with Crippen molar-refractivity contribution in [3.05, 3.63) is 44.6 Å². The standard InChI is InChI=1S/C14H14BrFN2OS/c15-12-5-9(16)1-4-13(12)19-7-11-8-20-14(18-11)6-17-10-2-3-10/h1,4-5,8,10,17H,2-3,6-7H2. The monoisotopic (exact) mass is 356 g/mol. The van der Waals surface area contributed by atoms with Crippen LogP contribution in [0.1, 0.15) is 23.5 Å². The Morgan fingerprint density at radius 1 is 1.45 bits per heavy atom. The lowest BCUT2D eigenvalue weighted by molar-refractivity contribution is 0.299. The van der Waals surface area contributed by atoms with Crippen molar-refractivity contribution < 1.29 is 9.13 Å². The van der Waals surface area contributed by atoms with E-state index in [0.29, 0.717) is 22.9 Å². The van der Waals surface area contributed by atoms with Gasteiger partial charge in [0.1, 0.15) is 23.2 Å². The van der Waals surface area contributed by atoms with Gasteiger partial charge in [-0.3, -0.25) is 0 Å². The van der Waals surface area contributed by atoms with Gasteiger partial charge in [0.2, 0.25) is 0 Å². The fourth-order valence-electron chi connectivity index (χ4n) is 1.76. The Kier molecular flexibility index (Phi) is 4.33. The molecule has 0 radical (unpaired) electrons. The maximum Gasteiger partial charge on any atom is 0.134 e. The molecule has 1 aromatic carbocycles. The Balaban J connectivity index is 1.54. The first-order valence-electron chi connectivity index (χ1n) is 6.45. The second-order valence-electron chi connectivity index (χ2n) is 4.75. The highest BCUT2D eigenvalue weighted by molar-refractivity contribution is 9.10. The second kappa shape index (κ2) is 6.20. The van der Waals surface area contributed by atoms with Gasteiger partial charge >= 0.3 is 0 Å². The van der Waals surface area contributed by atoms with Crippen molar-refractivity contribution in [1.82, 2.24) is 10.3 Å². The van der Waals surface area contributed by atoms with Crippen LogP contribution in [0.2, 0.25) is 0 Å². The fraction of sp³-hybridized carbons (Fsp3) is 0.357. The van der Waals surface area contributed by atoms with E-state index in [0.717, 1.165) is 17.2 Å². The minimum Gasteiger partial charge on any atom is -0.486 e. The number of thiazole rings is 1. The van der Waals surface area contributed by atoms with Crippen LogP contribution in [0.15, 0.2) is 28.1 Å². The van der Waals surface area contributed by atoms with Crippen molar-refractivity contribution in [1.29, 1.82) is 0 Å². The maximum atomic E-state index is 13.0. The van der Waals surface area contributed by atoms with Crippen LogP contribution in [0.25, 0.3) is 0 Å². The molecule has 106 valence electrons. The van der Waals surface area contributed by atoms with Crippen LogP contribution in [0, 0.1) is 5.82 Å². The second-order valence-corrected chi connectivity index (χ2v) is 6.55. The highest BCUT2D eigenvalue weighted by Crippen LogP contribution is 2.26. The summed E-state index contributed by atoms with van der Waals surface area (Å²) < 4.78 is 19.2. The molecular formula is C14H14BrFN2OS. The molecular weight excluding hydrogens is 343 g/mol. The van der Waals surface area contributed by atoms with Crippen LogP contribution in [0.4, 0.5) is 4.39 Å². The van der Waals surface area contributed by atoms with Crippen LogP contribution in [-0.2, 0) is 13.2 Å². The number of nitrogens with one attached hydrogen (secondary N) is 1. The Hall–Kier alpha value is -0.980. The van der Waals surface area contributed by atoms with Gasteiger partial charge in [0.25, 0.3) is 0 Å². The number of benzene rings is 1. The van der Waals surface area contributed by atoms with Gasteiger partial charge in [-0.1, -0.05) is 0 Å². The van der Waals surface area contributed by atoms with Gasteiger partial charge < -0.3 is 10.1 Å². The first-order chi connectivity index (χ1) is 9.70. The summed E-state index contributed by atoms with van der Waals surface area (Å²) in [7, 11) is 0. The van der Waals surface area contributed by atoms with Crippen LogP contribution < -0.4 is 10.1 Å². The molecule has 1 saturated carbocycles. The minimum absolute atomic E-state index is 0.286. The molecule has 1 aliphatic rings. The van der Waals surface area contributed by atoms with Crippen molar-refractivity contribution in [2.45, 2.75) is 32.0 Å². The quantitative estimate of drug-likeness (QED) is 0.852. The van der Waals surface area contributed by atoms with Crippen molar-refractivity contribution in [2.24, 2.45) is 0 Å². The lowest BCUT2D eigenvalue weighted by atomic mass is 10.3. The number of aromatic nitrogens is 1. The molecule has 3 rings (SSSR count). The Labute approximate surface area is 129 Å². The maximum absolute atomic E-state index is 13.0. The normalized spacial score (nSPS) is 14.5. The van der Waals surface area contributed by atoms with E-state index in [2.05, 4.69) is 26.2 Å². The number of hydrogen-bond donors (Lipinski definition) is 1. The third-order valence-corrected chi connectivity index (χ3v) is 4.51. The van der Waals surface area contributed by atoms with Crippen LogP contribution >= 0.6 is 27.3 Å². The summed E-state index contributed by atoms with van der Waals surface area (Å²) in [6.45, 7) is 1.22. The third kappa shape index (κ3) is 3.77. The van der Waals surface area contributed by atoms with Gasteiger partial charge in [0, 0.05) is 18.0 Å². The lowest BCUT2D eigenvalue weighted by Crippen LogP contribution is -2.15. The number of hydrogen-bond acceptors (Lipinski definition) is 4. The molecule has 0 bridgehead atoms. The average molecular weight is 357 g/mol. The topological polar surface area (TPSA) is 34.1 Å². The molecule has 20 heavy (non-hydrogen) atoms. The van der Waals surface area contributed by atoms with E-state index in [4.69, 9.17) is 4.74 Å². The highest BCUT2D eigenvalue weighted by atomic mass is 79.9. The van der Waals surface area contributed by atoms with Crippen LogP contribution in [-0.4, -0.2) is 11.0 Å². The molecule has 1 aliphatic carbocycles. The summed E-state index contributed by atoms with van der Waals surface area (Å²) in [5, 5.41) is 6.51. The first kappa shape index (κ1) is 14.0.